The van der Waals surface area contributed by atoms with E-state index in [9.17, 15) is 0 Å². The summed E-state index contributed by atoms with van der Waals surface area (Å²) in [6, 6.07) is 44.2. The highest BCUT2D eigenvalue weighted by Crippen LogP contribution is 2.54. The fraction of sp³-hybridized carbons (Fsp3) is 0.292. The van der Waals surface area contributed by atoms with Crippen molar-refractivity contribution in [2.75, 3.05) is 4.90 Å². The SMILES string of the molecule is CC(C)(C)c1ccc2ccc(N(c3ccc4c(c3)C(C)(C)c3ccccc3-4)c3ccc4c(c3)C(C)(C)c3cccc(C(C)(C)C)c3-4)cc2c1. The van der Waals surface area contributed by atoms with E-state index in [1.54, 1.807) is 0 Å². The van der Waals surface area contributed by atoms with Crippen molar-refractivity contribution >= 4 is 27.8 Å². The van der Waals surface area contributed by atoms with Crippen molar-refractivity contribution in [1.29, 1.82) is 0 Å². The first-order valence-electron chi connectivity index (χ1n) is 17.9. The summed E-state index contributed by atoms with van der Waals surface area (Å²) in [7, 11) is 0. The number of hydrogen-bond donors (Lipinski definition) is 0. The molecule has 0 radical (unpaired) electrons. The molecule has 0 spiro atoms. The minimum Gasteiger partial charge on any atom is -0.310 e. The van der Waals surface area contributed by atoms with Gasteiger partial charge in [0.05, 0.1) is 0 Å². The first kappa shape index (κ1) is 31.6. The second-order valence-electron chi connectivity index (χ2n) is 17.6. The zero-order valence-corrected chi connectivity index (χ0v) is 30.9. The van der Waals surface area contributed by atoms with Crippen LogP contribution in [-0.4, -0.2) is 0 Å². The maximum Gasteiger partial charge on any atom is 0.0468 e. The first-order valence-corrected chi connectivity index (χ1v) is 17.9. The van der Waals surface area contributed by atoms with Crippen LogP contribution < -0.4 is 4.90 Å². The van der Waals surface area contributed by atoms with E-state index in [1.165, 1.54) is 83.5 Å². The van der Waals surface area contributed by atoms with Gasteiger partial charge < -0.3 is 4.90 Å². The number of nitrogens with zero attached hydrogens (tertiary/aromatic N) is 1. The molecule has 0 saturated carbocycles. The van der Waals surface area contributed by atoms with E-state index < -0.39 is 0 Å². The maximum absolute atomic E-state index is 2.49. The molecular formula is C48H49N. The molecule has 0 N–H and O–H groups in total. The lowest BCUT2D eigenvalue weighted by Gasteiger charge is -2.30. The van der Waals surface area contributed by atoms with Crippen molar-refractivity contribution in [2.45, 2.75) is 90.9 Å². The van der Waals surface area contributed by atoms with Gasteiger partial charge in [0.15, 0.2) is 0 Å². The Morgan fingerprint density at radius 2 is 0.980 bits per heavy atom. The van der Waals surface area contributed by atoms with Crippen molar-refractivity contribution in [2.24, 2.45) is 0 Å². The molecule has 0 aliphatic heterocycles. The average molecular weight is 640 g/mol. The summed E-state index contributed by atoms with van der Waals surface area (Å²) in [5, 5.41) is 2.54. The van der Waals surface area contributed by atoms with Crippen LogP contribution in [0.2, 0.25) is 0 Å². The molecule has 6 aromatic rings. The third kappa shape index (κ3) is 4.80. The third-order valence-electron chi connectivity index (χ3n) is 11.5. The molecule has 246 valence electrons. The van der Waals surface area contributed by atoms with Gasteiger partial charge in [0.1, 0.15) is 0 Å². The van der Waals surface area contributed by atoms with Crippen LogP contribution in [-0.2, 0) is 21.7 Å². The Kier molecular flexibility index (Phi) is 6.74. The smallest absolute Gasteiger partial charge is 0.0468 e. The molecule has 6 aromatic carbocycles. The summed E-state index contributed by atoms with van der Waals surface area (Å²) < 4.78 is 0. The molecule has 0 atom stereocenters. The van der Waals surface area contributed by atoms with Gasteiger partial charge in [0, 0.05) is 27.9 Å². The zero-order chi connectivity index (χ0) is 34.7. The molecule has 0 bridgehead atoms. The van der Waals surface area contributed by atoms with Crippen LogP contribution in [0.25, 0.3) is 33.0 Å². The Labute approximate surface area is 293 Å². The van der Waals surface area contributed by atoms with E-state index >= 15 is 0 Å². The lowest BCUT2D eigenvalue weighted by atomic mass is 9.79. The van der Waals surface area contributed by atoms with Crippen molar-refractivity contribution in [3.05, 3.63) is 149 Å². The van der Waals surface area contributed by atoms with Gasteiger partial charge >= 0.3 is 0 Å². The van der Waals surface area contributed by atoms with Crippen LogP contribution in [0.5, 0.6) is 0 Å². The van der Waals surface area contributed by atoms with E-state index in [0.717, 1.165) is 0 Å². The monoisotopic (exact) mass is 639 g/mol. The average Bonchev–Trinajstić information content (AvgIpc) is 3.43. The standard InChI is InChI=1S/C48H49N/c1-45(2,3)32-20-18-30-19-21-33(27-31(30)26-32)49(34-22-24-37-36-14-11-12-15-39(36)47(7,8)42(37)28-34)35-23-25-38-43(29-35)48(9,10)41-17-13-16-40(44(38)41)46(4,5)6/h11-29H,1-10H3. The fourth-order valence-electron chi connectivity index (χ4n) is 8.66. The molecule has 0 saturated heterocycles. The lowest BCUT2D eigenvalue weighted by Crippen LogP contribution is -2.18. The van der Waals surface area contributed by atoms with Crippen molar-refractivity contribution < 1.29 is 0 Å². The Hall–Kier alpha value is -4.62. The molecule has 0 heterocycles. The first-order chi connectivity index (χ1) is 23.1. The number of anilines is 3. The predicted molar refractivity (Wildman–Crippen MR) is 211 cm³/mol. The molecular weight excluding hydrogens is 591 g/mol. The molecule has 0 unspecified atom stereocenters. The van der Waals surface area contributed by atoms with Gasteiger partial charge in [-0.05, 0) is 114 Å². The molecule has 49 heavy (non-hydrogen) atoms. The summed E-state index contributed by atoms with van der Waals surface area (Å²) in [5.74, 6) is 0. The summed E-state index contributed by atoms with van der Waals surface area (Å²) in [6.45, 7) is 23.4. The van der Waals surface area contributed by atoms with Crippen LogP contribution in [0.3, 0.4) is 0 Å². The van der Waals surface area contributed by atoms with Crippen LogP contribution in [0.15, 0.2) is 115 Å². The van der Waals surface area contributed by atoms with Crippen LogP contribution in [0.1, 0.15) is 103 Å². The van der Waals surface area contributed by atoms with Gasteiger partial charge in [0.2, 0.25) is 0 Å². The Morgan fingerprint density at radius 3 is 1.67 bits per heavy atom. The Balaban J connectivity index is 1.35. The summed E-state index contributed by atoms with van der Waals surface area (Å²) in [5.41, 5.74) is 17.4. The van der Waals surface area contributed by atoms with Gasteiger partial charge in [-0.1, -0.05) is 148 Å². The van der Waals surface area contributed by atoms with Gasteiger partial charge in [-0.25, -0.2) is 0 Å². The fourth-order valence-corrected chi connectivity index (χ4v) is 8.66. The highest BCUT2D eigenvalue weighted by molar-refractivity contribution is 5.93. The van der Waals surface area contributed by atoms with Crippen LogP contribution >= 0.6 is 0 Å². The van der Waals surface area contributed by atoms with Crippen molar-refractivity contribution in [3.8, 4) is 22.3 Å². The number of hydrogen-bond acceptors (Lipinski definition) is 1. The second-order valence-corrected chi connectivity index (χ2v) is 17.6. The van der Waals surface area contributed by atoms with Crippen LogP contribution in [0.4, 0.5) is 17.1 Å². The van der Waals surface area contributed by atoms with Crippen LogP contribution in [0, 0.1) is 0 Å². The minimum atomic E-state index is -0.111. The van der Waals surface area contributed by atoms with E-state index in [-0.39, 0.29) is 21.7 Å². The summed E-state index contributed by atoms with van der Waals surface area (Å²) in [6.07, 6.45) is 0. The van der Waals surface area contributed by atoms with E-state index in [0.29, 0.717) is 0 Å². The topological polar surface area (TPSA) is 3.24 Å². The number of fused-ring (bicyclic) bond motifs is 7. The largest absolute Gasteiger partial charge is 0.310 e. The molecule has 0 aromatic heterocycles. The third-order valence-corrected chi connectivity index (χ3v) is 11.5. The summed E-state index contributed by atoms with van der Waals surface area (Å²) in [4.78, 5) is 2.49. The maximum atomic E-state index is 2.49. The second kappa shape index (κ2) is 10.4. The quantitative estimate of drug-likeness (QED) is 0.186. The molecule has 0 fully saturated rings. The van der Waals surface area contributed by atoms with Gasteiger partial charge in [-0.3, -0.25) is 0 Å². The molecule has 0 amide bonds. The van der Waals surface area contributed by atoms with Gasteiger partial charge in [-0.2, -0.15) is 0 Å². The Morgan fingerprint density at radius 1 is 0.429 bits per heavy atom. The zero-order valence-electron chi connectivity index (χ0n) is 30.9. The van der Waals surface area contributed by atoms with E-state index in [4.69, 9.17) is 0 Å². The normalized spacial score (nSPS) is 15.5. The van der Waals surface area contributed by atoms with E-state index in [1.807, 2.05) is 0 Å². The summed E-state index contributed by atoms with van der Waals surface area (Å²) >= 11 is 0. The molecule has 1 nitrogen and oxygen atoms in total. The van der Waals surface area contributed by atoms with Gasteiger partial charge in [-0.15, -0.1) is 0 Å². The number of rotatable bonds is 3. The Bertz CT molecular complexity index is 2300. The molecule has 2 aliphatic carbocycles. The predicted octanol–water partition coefficient (Wildman–Crippen LogP) is 13.5. The highest BCUT2D eigenvalue weighted by Gasteiger charge is 2.39. The molecule has 1 heteroatoms. The lowest BCUT2D eigenvalue weighted by molar-refractivity contribution is 0.589. The number of benzene rings is 6. The van der Waals surface area contributed by atoms with E-state index in [2.05, 4.69) is 189 Å². The van der Waals surface area contributed by atoms with Crippen molar-refractivity contribution in [1.82, 2.24) is 0 Å². The molecule has 8 rings (SSSR count). The van der Waals surface area contributed by atoms with Gasteiger partial charge in [0.25, 0.3) is 0 Å². The van der Waals surface area contributed by atoms with Crippen molar-refractivity contribution in [3.63, 3.8) is 0 Å². The highest BCUT2D eigenvalue weighted by atomic mass is 15.1. The minimum absolute atomic E-state index is 0.0551. The molecule has 2 aliphatic rings.